The number of hydrazine groups is 1. The molecule has 0 heterocycles. The fourth-order valence-electron chi connectivity index (χ4n) is 1.75. The highest BCUT2D eigenvalue weighted by Crippen LogP contribution is 2.21. The van der Waals surface area contributed by atoms with Crippen LogP contribution in [0.5, 0.6) is 5.75 Å². The summed E-state index contributed by atoms with van der Waals surface area (Å²) in [5.74, 6) is -0.140. The highest BCUT2D eigenvalue weighted by molar-refractivity contribution is 5.85. The van der Waals surface area contributed by atoms with E-state index in [9.17, 15) is 9.59 Å². The summed E-state index contributed by atoms with van der Waals surface area (Å²) in [4.78, 5) is 22.4. The van der Waals surface area contributed by atoms with Gasteiger partial charge in [-0.3, -0.25) is 20.4 Å². The van der Waals surface area contributed by atoms with Gasteiger partial charge in [-0.1, -0.05) is 30.3 Å². The molecule has 0 bridgehead atoms. The Labute approximate surface area is 116 Å². The lowest BCUT2D eigenvalue weighted by Crippen LogP contribution is -2.46. The maximum Gasteiger partial charge on any atom is 0.279 e. The van der Waals surface area contributed by atoms with Gasteiger partial charge in [0.25, 0.3) is 5.91 Å². The molecule has 2 N–H and O–H groups in total. The first-order chi connectivity index (χ1) is 9.56. The number of carbonyl (C=O) groups is 2. The second-order valence-electron chi connectivity index (χ2n) is 4.44. The Morgan fingerprint density at radius 2 is 1.75 bits per heavy atom. The first kappa shape index (κ1) is 13.9. The van der Waals surface area contributed by atoms with Gasteiger partial charge in [-0.15, -0.1) is 0 Å². The minimum atomic E-state index is -0.706. The SMILES string of the molecule is CC(=O)NNC(=O)[C@@H](C)Oc1ccc2ccccc2c1. The van der Waals surface area contributed by atoms with Crippen LogP contribution >= 0.6 is 0 Å². The zero-order chi connectivity index (χ0) is 14.5. The Hall–Kier alpha value is -2.56. The molecule has 0 aliphatic rings. The minimum Gasteiger partial charge on any atom is -0.481 e. The number of amides is 2. The summed E-state index contributed by atoms with van der Waals surface area (Å²) in [6, 6.07) is 13.5. The van der Waals surface area contributed by atoms with Gasteiger partial charge in [0.15, 0.2) is 6.10 Å². The van der Waals surface area contributed by atoms with E-state index >= 15 is 0 Å². The van der Waals surface area contributed by atoms with Crippen LogP contribution in [0.4, 0.5) is 0 Å². The Balaban J connectivity index is 2.03. The zero-order valence-corrected chi connectivity index (χ0v) is 11.3. The summed E-state index contributed by atoms with van der Waals surface area (Å²) in [5, 5.41) is 2.15. The van der Waals surface area contributed by atoms with Gasteiger partial charge in [-0.25, -0.2) is 0 Å². The van der Waals surface area contributed by atoms with Crippen LogP contribution in [-0.2, 0) is 9.59 Å². The molecule has 2 rings (SSSR count). The van der Waals surface area contributed by atoms with E-state index in [2.05, 4.69) is 10.9 Å². The average molecular weight is 272 g/mol. The maximum absolute atomic E-state index is 11.7. The van der Waals surface area contributed by atoms with Crippen molar-refractivity contribution in [2.45, 2.75) is 20.0 Å². The van der Waals surface area contributed by atoms with Crippen LogP contribution in [0.2, 0.25) is 0 Å². The van der Waals surface area contributed by atoms with Crippen LogP contribution in [0.25, 0.3) is 10.8 Å². The Bertz CT molecular complexity index is 640. The molecule has 0 aliphatic heterocycles. The molecular weight excluding hydrogens is 256 g/mol. The number of ether oxygens (including phenoxy) is 1. The van der Waals surface area contributed by atoms with Crippen molar-refractivity contribution in [3.63, 3.8) is 0 Å². The first-order valence-corrected chi connectivity index (χ1v) is 6.28. The molecule has 0 radical (unpaired) electrons. The van der Waals surface area contributed by atoms with E-state index < -0.39 is 12.0 Å². The van der Waals surface area contributed by atoms with Crippen LogP contribution < -0.4 is 15.6 Å². The van der Waals surface area contributed by atoms with E-state index in [1.54, 1.807) is 6.92 Å². The number of benzene rings is 2. The van der Waals surface area contributed by atoms with Crippen LogP contribution in [0.1, 0.15) is 13.8 Å². The summed E-state index contributed by atoms with van der Waals surface area (Å²) in [6.07, 6.45) is -0.706. The molecule has 104 valence electrons. The highest BCUT2D eigenvalue weighted by atomic mass is 16.5. The lowest BCUT2D eigenvalue weighted by molar-refractivity contribution is -0.132. The van der Waals surface area contributed by atoms with Gasteiger partial charge in [-0.2, -0.15) is 0 Å². The largest absolute Gasteiger partial charge is 0.481 e. The Kier molecular flexibility index (Phi) is 4.20. The normalized spacial score (nSPS) is 11.7. The van der Waals surface area contributed by atoms with Gasteiger partial charge < -0.3 is 4.74 Å². The molecule has 0 unspecified atom stereocenters. The van der Waals surface area contributed by atoms with Crippen LogP contribution in [0.15, 0.2) is 42.5 Å². The molecule has 20 heavy (non-hydrogen) atoms. The molecule has 0 fully saturated rings. The van der Waals surface area contributed by atoms with Crippen molar-refractivity contribution >= 4 is 22.6 Å². The summed E-state index contributed by atoms with van der Waals surface area (Å²) in [6.45, 7) is 2.93. The first-order valence-electron chi connectivity index (χ1n) is 6.28. The average Bonchev–Trinajstić information content (AvgIpc) is 2.44. The van der Waals surface area contributed by atoms with E-state index in [-0.39, 0.29) is 5.91 Å². The molecule has 1 atom stereocenters. The molecular formula is C15H16N2O3. The molecule has 0 saturated carbocycles. The van der Waals surface area contributed by atoms with Crippen molar-refractivity contribution in [1.29, 1.82) is 0 Å². The molecule has 2 amide bonds. The maximum atomic E-state index is 11.7. The van der Waals surface area contributed by atoms with E-state index in [0.717, 1.165) is 10.8 Å². The smallest absolute Gasteiger partial charge is 0.279 e. The van der Waals surface area contributed by atoms with Crippen molar-refractivity contribution in [3.05, 3.63) is 42.5 Å². The van der Waals surface area contributed by atoms with Crippen LogP contribution in [-0.4, -0.2) is 17.9 Å². The second-order valence-corrected chi connectivity index (χ2v) is 4.44. The van der Waals surface area contributed by atoms with Gasteiger partial charge >= 0.3 is 0 Å². The number of carbonyl (C=O) groups excluding carboxylic acids is 2. The number of rotatable bonds is 3. The number of hydrogen-bond acceptors (Lipinski definition) is 3. The van der Waals surface area contributed by atoms with Crippen LogP contribution in [0, 0.1) is 0 Å². The van der Waals surface area contributed by atoms with Crippen LogP contribution in [0.3, 0.4) is 0 Å². The van der Waals surface area contributed by atoms with Crippen molar-refractivity contribution in [2.24, 2.45) is 0 Å². The predicted molar refractivity (Wildman–Crippen MR) is 76.0 cm³/mol. The summed E-state index contributed by atoms with van der Waals surface area (Å²) in [7, 11) is 0. The molecule has 0 aliphatic carbocycles. The van der Waals surface area contributed by atoms with E-state index in [0.29, 0.717) is 5.75 Å². The molecule has 0 spiro atoms. The number of nitrogens with one attached hydrogen (secondary N) is 2. The lowest BCUT2D eigenvalue weighted by atomic mass is 10.1. The second kappa shape index (κ2) is 6.06. The third-order valence-corrected chi connectivity index (χ3v) is 2.76. The number of hydrogen-bond donors (Lipinski definition) is 2. The topological polar surface area (TPSA) is 67.4 Å². The third-order valence-electron chi connectivity index (χ3n) is 2.76. The molecule has 2 aromatic carbocycles. The van der Waals surface area contributed by atoms with E-state index in [4.69, 9.17) is 4.74 Å². The van der Waals surface area contributed by atoms with Crippen molar-refractivity contribution in [2.75, 3.05) is 0 Å². The van der Waals surface area contributed by atoms with Crippen molar-refractivity contribution in [1.82, 2.24) is 10.9 Å². The molecule has 5 nitrogen and oxygen atoms in total. The van der Waals surface area contributed by atoms with Gasteiger partial charge in [0.1, 0.15) is 5.75 Å². The molecule has 2 aromatic rings. The fourth-order valence-corrected chi connectivity index (χ4v) is 1.75. The predicted octanol–water partition coefficient (Wildman–Crippen LogP) is 1.77. The van der Waals surface area contributed by atoms with E-state index in [1.807, 2.05) is 42.5 Å². The van der Waals surface area contributed by atoms with Crippen molar-refractivity contribution < 1.29 is 14.3 Å². The highest BCUT2D eigenvalue weighted by Gasteiger charge is 2.14. The monoisotopic (exact) mass is 272 g/mol. The lowest BCUT2D eigenvalue weighted by Gasteiger charge is -2.15. The molecule has 0 aromatic heterocycles. The van der Waals surface area contributed by atoms with E-state index in [1.165, 1.54) is 6.92 Å². The standard InChI is InChI=1S/C15H16N2O3/c1-10(15(19)17-16-11(2)18)20-14-8-7-12-5-3-4-6-13(12)9-14/h3-10H,1-2H3,(H,16,18)(H,17,19)/t10-/m1/s1. The Morgan fingerprint density at radius 1 is 1.05 bits per heavy atom. The minimum absolute atomic E-state index is 0.337. The van der Waals surface area contributed by atoms with Crippen molar-refractivity contribution in [3.8, 4) is 5.75 Å². The summed E-state index contributed by atoms with van der Waals surface area (Å²) in [5.41, 5.74) is 4.50. The molecule has 5 heteroatoms. The third kappa shape index (κ3) is 3.47. The van der Waals surface area contributed by atoms with Gasteiger partial charge in [0, 0.05) is 6.92 Å². The van der Waals surface area contributed by atoms with Gasteiger partial charge in [0.2, 0.25) is 5.91 Å². The quantitative estimate of drug-likeness (QED) is 0.837. The zero-order valence-electron chi connectivity index (χ0n) is 11.3. The summed E-state index contributed by atoms with van der Waals surface area (Å²) < 4.78 is 5.55. The van der Waals surface area contributed by atoms with Gasteiger partial charge in [-0.05, 0) is 29.8 Å². The fraction of sp³-hybridized carbons (Fsp3) is 0.200. The number of fused-ring (bicyclic) bond motifs is 1. The Morgan fingerprint density at radius 3 is 2.45 bits per heavy atom. The summed E-state index contributed by atoms with van der Waals surface area (Å²) >= 11 is 0. The molecule has 0 saturated heterocycles. The van der Waals surface area contributed by atoms with Gasteiger partial charge in [0.05, 0.1) is 0 Å².